The summed E-state index contributed by atoms with van der Waals surface area (Å²) in [7, 11) is 0. The number of benzene rings is 3. The number of hydrogen-bond donors (Lipinski definition) is 0. The number of hydrogen-bond acceptors (Lipinski definition) is 0. The summed E-state index contributed by atoms with van der Waals surface area (Å²) >= 11 is -2.10. The molecule has 1 heteroatoms. The molecule has 3 rings (SSSR count). The molecule has 0 nitrogen and oxygen atoms in total. The topological polar surface area (TPSA) is 0 Å². The summed E-state index contributed by atoms with van der Waals surface area (Å²) in [6, 6.07) is 28.5. The molecule has 0 aliphatic carbocycles. The second-order valence-corrected chi connectivity index (χ2v) is 18.1. The summed E-state index contributed by atoms with van der Waals surface area (Å²) in [5.41, 5.74) is 4.77. The van der Waals surface area contributed by atoms with E-state index in [1.165, 1.54) is 27.2 Å². The van der Waals surface area contributed by atoms with Crippen LogP contribution in [0.15, 0.2) is 72.8 Å². The van der Waals surface area contributed by atoms with Crippen molar-refractivity contribution in [2.45, 2.75) is 78.6 Å². The Kier molecular flexibility index (Phi) is 6.84. The third-order valence-electron chi connectivity index (χ3n) is 5.97. The molecule has 0 aliphatic heterocycles. The molecule has 0 saturated heterocycles. The van der Waals surface area contributed by atoms with Crippen LogP contribution in [0, 0.1) is 0 Å². The molecule has 164 valence electrons. The van der Waals surface area contributed by atoms with E-state index in [1.807, 2.05) is 0 Å². The van der Waals surface area contributed by atoms with Gasteiger partial charge in [-0.1, -0.05) is 0 Å². The Morgan fingerprint density at radius 3 is 0.710 bits per heavy atom. The molecule has 31 heavy (non-hydrogen) atoms. The summed E-state index contributed by atoms with van der Waals surface area (Å²) in [5, 5.41) is 0. The summed E-state index contributed by atoms with van der Waals surface area (Å²) < 4.78 is 4.59. The standard InChI is InChI=1S/3C10H13.Sb/c3*1-10(2,3)9-7-5-4-6-8-9;/h3*5-8H,1-3H3;. The molecule has 0 heterocycles. The van der Waals surface area contributed by atoms with Gasteiger partial charge in [0.05, 0.1) is 0 Å². The Bertz CT molecular complexity index is 850. The van der Waals surface area contributed by atoms with Gasteiger partial charge >= 0.3 is 199 Å². The molecule has 0 unspecified atom stereocenters. The van der Waals surface area contributed by atoms with Crippen molar-refractivity contribution in [3.63, 3.8) is 0 Å². The van der Waals surface area contributed by atoms with E-state index < -0.39 is 20.2 Å². The van der Waals surface area contributed by atoms with Gasteiger partial charge in [0.2, 0.25) is 0 Å². The second-order valence-electron chi connectivity index (χ2n) is 11.7. The van der Waals surface area contributed by atoms with Crippen LogP contribution in [0.4, 0.5) is 0 Å². The predicted octanol–water partition coefficient (Wildman–Crippen LogP) is 6.10. The molecule has 3 aromatic rings. The molecule has 0 saturated carbocycles. The zero-order valence-electron chi connectivity index (χ0n) is 20.9. The van der Waals surface area contributed by atoms with Gasteiger partial charge in [0, 0.05) is 0 Å². The van der Waals surface area contributed by atoms with Crippen LogP contribution >= 0.6 is 0 Å². The molecular weight excluding hydrogens is 482 g/mol. The fraction of sp³-hybridized carbons (Fsp3) is 0.400. The molecule has 0 radical (unpaired) electrons. The Hall–Kier alpha value is -1.52. The van der Waals surface area contributed by atoms with E-state index in [9.17, 15) is 0 Å². The first-order chi connectivity index (χ1) is 14.3. The minimum atomic E-state index is -2.10. The van der Waals surface area contributed by atoms with Crippen LogP contribution in [0.1, 0.15) is 79.0 Å². The van der Waals surface area contributed by atoms with Gasteiger partial charge in [0.1, 0.15) is 0 Å². The van der Waals surface area contributed by atoms with E-state index in [0.29, 0.717) is 0 Å². The van der Waals surface area contributed by atoms with Crippen molar-refractivity contribution in [2.24, 2.45) is 0 Å². The first-order valence-electron chi connectivity index (χ1n) is 11.4. The van der Waals surface area contributed by atoms with Crippen molar-refractivity contribution in [1.29, 1.82) is 0 Å². The maximum absolute atomic E-state index is 2.40. The third-order valence-corrected chi connectivity index (χ3v) is 12.9. The van der Waals surface area contributed by atoms with Crippen molar-refractivity contribution in [1.82, 2.24) is 0 Å². The normalized spacial score (nSPS) is 13.0. The Morgan fingerprint density at radius 1 is 0.355 bits per heavy atom. The summed E-state index contributed by atoms with van der Waals surface area (Å²) in [6.45, 7) is 20.6. The SMILES string of the molecule is CC(C)(C)c1cc[c]([Sb]([c]2ccc(C(C)(C)C)cc2)[c]2ccc(C(C)(C)C)cc2)cc1. The minimum absolute atomic E-state index is 0.184. The average Bonchev–Trinajstić information content (AvgIpc) is 2.67. The van der Waals surface area contributed by atoms with Crippen LogP contribution in [0.5, 0.6) is 0 Å². The van der Waals surface area contributed by atoms with E-state index in [0.717, 1.165) is 0 Å². The fourth-order valence-corrected chi connectivity index (χ4v) is 10.2. The van der Waals surface area contributed by atoms with E-state index in [-0.39, 0.29) is 16.2 Å². The van der Waals surface area contributed by atoms with Crippen LogP contribution in [0.2, 0.25) is 0 Å². The van der Waals surface area contributed by atoms with Crippen LogP contribution in [-0.2, 0) is 16.2 Å². The zero-order chi connectivity index (χ0) is 23.0. The molecule has 0 aromatic heterocycles. The van der Waals surface area contributed by atoms with Crippen molar-refractivity contribution >= 4 is 30.7 Å². The van der Waals surface area contributed by atoms with Gasteiger partial charge in [-0.2, -0.15) is 0 Å². The van der Waals surface area contributed by atoms with Crippen LogP contribution in [-0.4, -0.2) is 20.2 Å². The van der Waals surface area contributed by atoms with Gasteiger partial charge < -0.3 is 0 Å². The molecule has 0 N–H and O–H groups in total. The molecule has 0 amide bonds. The summed E-state index contributed by atoms with van der Waals surface area (Å²) in [5.74, 6) is 0. The Morgan fingerprint density at radius 2 is 0.548 bits per heavy atom. The van der Waals surface area contributed by atoms with Gasteiger partial charge in [0.25, 0.3) is 0 Å². The molecule has 0 atom stereocenters. The van der Waals surface area contributed by atoms with Crippen molar-refractivity contribution in [3.8, 4) is 0 Å². The zero-order valence-corrected chi connectivity index (χ0v) is 23.4. The molecule has 0 bridgehead atoms. The van der Waals surface area contributed by atoms with Gasteiger partial charge in [-0.05, 0) is 0 Å². The van der Waals surface area contributed by atoms with Crippen LogP contribution < -0.4 is 10.5 Å². The van der Waals surface area contributed by atoms with E-state index in [4.69, 9.17) is 0 Å². The van der Waals surface area contributed by atoms with Crippen molar-refractivity contribution in [2.75, 3.05) is 0 Å². The van der Waals surface area contributed by atoms with E-state index in [2.05, 4.69) is 135 Å². The van der Waals surface area contributed by atoms with Crippen molar-refractivity contribution < 1.29 is 0 Å². The van der Waals surface area contributed by atoms with E-state index in [1.54, 1.807) is 0 Å². The van der Waals surface area contributed by atoms with Gasteiger partial charge in [-0.3, -0.25) is 0 Å². The molecule has 0 aliphatic rings. The fourth-order valence-electron chi connectivity index (χ4n) is 3.78. The second kappa shape index (κ2) is 8.78. The third kappa shape index (κ3) is 5.84. The van der Waals surface area contributed by atoms with Crippen LogP contribution in [0.3, 0.4) is 0 Å². The molecule has 0 fully saturated rings. The van der Waals surface area contributed by atoms with E-state index >= 15 is 0 Å². The Labute approximate surface area is 198 Å². The first kappa shape index (κ1) is 24.1. The van der Waals surface area contributed by atoms with Crippen LogP contribution in [0.25, 0.3) is 0 Å². The average molecular weight is 521 g/mol. The van der Waals surface area contributed by atoms with Gasteiger partial charge in [-0.15, -0.1) is 0 Å². The first-order valence-corrected chi connectivity index (χ1v) is 15.2. The summed E-state index contributed by atoms with van der Waals surface area (Å²) in [6.07, 6.45) is 0. The Balaban J connectivity index is 2.08. The number of rotatable bonds is 3. The van der Waals surface area contributed by atoms with Crippen molar-refractivity contribution in [3.05, 3.63) is 89.5 Å². The van der Waals surface area contributed by atoms with Gasteiger partial charge in [0.15, 0.2) is 0 Å². The molecule has 0 spiro atoms. The maximum atomic E-state index is 2.40. The summed E-state index contributed by atoms with van der Waals surface area (Å²) in [4.78, 5) is 0. The molecular formula is C30H39Sb. The molecule has 3 aromatic carbocycles. The predicted molar refractivity (Wildman–Crippen MR) is 140 cm³/mol. The quantitative estimate of drug-likeness (QED) is 0.366. The monoisotopic (exact) mass is 520 g/mol. The van der Waals surface area contributed by atoms with Gasteiger partial charge in [-0.25, -0.2) is 0 Å².